The van der Waals surface area contributed by atoms with E-state index in [1.165, 1.54) is 0 Å². The number of nitrogens with zero attached hydrogens (tertiary/aromatic N) is 2. The number of carbonyl (C=O) groups excluding carboxylic acids is 1. The third-order valence-corrected chi connectivity index (χ3v) is 4.69. The summed E-state index contributed by atoms with van der Waals surface area (Å²) in [4.78, 5) is 17.3. The molecular formula is C19H17ClN2O4. The zero-order valence-electron chi connectivity index (χ0n) is 14.4. The van der Waals surface area contributed by atoms with E-state index in [4.69, 9.17) is 25.6 Å². The van der Waals surface area contributed by atoms with Gasteiger partial charge in [0.05, 0.1) is 23.8 Å². The summed E-state index contributed by atoms with van der Waals surface area (Å²) in [5.74, 6) is 0.541. The van der Waals surface area contributed by atoms with Crippen LogP contribution in [0.2, 0.25) is 5.02 Å². The van der Waals surface area contributed by atoms with Crippen LogP contribution in [0.1, 0.15) is 46.1 Å². The molecule has 1 aliphatic rings. The highest BCUT2D eigenvalue weighted by Gasteiger charge is 2.29. The lowest BCUT2D eigenvalue weighted by molar-refractivity contribution is 0.0472. The van der Waals surface area contributed by atoms with Crippen LogP contribution < -0.4 is 4.74 Å². The molecule has 1 aliphatic carbocycles. The van der Waals surface area contributed by atoms with Gasteiger partial charge >= 0.3 is 5.97 Å². The average molecular weight is 373 g/mol. The van der Waals surface area contributed by atoms with E-state index < -0.39 is 5.97 Å². The maximum Gasteiger partial charge on any atom is 0.339 e. The van der Waals surface area contributed by atoms with E-state index in [1.807, 2.05) is 0 Å². The second kappa shape index (κ2) is 6.61. The van der Waals surface area contributed by atoms with E-state index in [1.54, 1.807) is 38.3 Å². The van der Waals surface area contributed by atoms with Crippen molar-refractivity contribution in [2.75, 3.05) is 7.11 Å². The van der Waals surface area contributed by atoms with Crippen molar-refractivity contribution in [1.29, 1.82) is 0 Å². The number of fused-ring (bicyclic) bond motifs is 1. The summed E-state index contributed by atoms with van der Waals surface area (Å²) in [6.07, 6.45) is 2.14. The lowest BCUT2D eigenvalue weighted by atomic mass is 10.1. The van der Waals surface area contributed by atoms with Gasteiger partial charge in [0.2, 0.25) is 0 Å². The number of aryl methyl sites for hydroxylation is 1. The Morgan fingerprint density at radius 3 is 2.88 bits per heavy atom. The molecule has 3 aromatic rings. The SMILES string of the molecule is COc1ccc(Cl)cc1COC(=O)c1cc(C2CC2)nc2onc(C)c12. The summed E-state index contributed by atoms with van der Waals surface area (Å²) in [7, 11) is 1.56. The molecule has 4 rings (SSSR count). The van der Waals surface area contributed by atoms with Gasteiger partial charge in [0, 0.05) is 22.2 Å². The van der Waals surface area contributed by atoms with E-state index in [9.17, 15) is 4.79 Å². The Morgan fingerprint density at radius 1 is 1.35 bits per heavy atom. The van der Waals surface area contributed by atoms with Gasteiger partial charge in [-0.1, -0.05) is 16.8 Å². The van der Waals surface area contributed by atoms with Crippen LogP contribution in [-0.4, -0.2) is 23.2 Å². The zero-order valence-corrected chi connectivity index (χ0v) is 15.2. The Hall–Kier alpha value is -2.60. The molecule has 0 atom stereocenters. The minimum absolute atomic E-state index is 0.0511. The molecule has 0 radical (unpaired) electrons. The Bertz CT molecular complexity index is 995. The predicted molar refractivity (Wildman–Crippen MR) is 95.6 cm³/mol. The van der Waals surface area contributed by atoms with Crippen molar-refractivity contribution in [3.05, 3.63) is 51.8 Å². The Morgan fingerprint density at radius 2 is 2.15 bits per heavy atom. The normalized spacial score (nSPS) is 13.8. The monoisotopic (exact) mass is 372 g/mol. The molecule has 134 valence electrons. The van der Waals surface area contributed by atoms with E-state index in [0.29, 0.717) is 44.6 Å². The fourth-order valence-electron chi connectivity index (χ4n) is 2.94. The zero-order chi connectivity index (χ0) is 18.3. The molecule has 26 heavy (non-hydrogen) atoms. The number of aromatic nitrogens is 2. The standard InChI is InChI=1S/C19H17ClN2O4/c1-10-17-14(8-15(11-3-4-11)21-18(17)26-22-10)19(23)25-9-12-7-13(20)5-6-16(12)24-2/h5-8,11H,3-4,9H2,1-2H3. The van der Waals surface area contributed by atoms with E-state index in [2.05, 4.69) is 10.1 Å². The molecule has 1 aromatic carbocycles. The van der Waals surface area contributed by atoms with Crippen LogP contribution in [0.15, 0.2) is 28.8 Å². The third-order valence-electron chi connectivity index (χ3n) is 4.45. The molecular weight excluding hydrogens is 356 g/mol. The smallest absolute Gasteiger partial charge is 0.339 e. The fraction of sp³-hybridized carbons (Fsp3) is 0.316. The molecule has 2 aromatic heterocycles. The topological polar surface area (TPSA) is 74.5 Å². The van der Waals surface area contributed by atoms with Crippen molar-refractivity contribution in [1.82, 2.24) is 10.1 Å². The summed E-state index contributed by atoms with van der Waals surface area (Å²) in [6.45, 7) is 1.83. The van der Waals surface area contributed by atoms with Gasteiger partial charge < -0.3 is 14.0 Å². The van der Waals surface area contributed by atoms with E-state index in [0.717, 1.165) is 18.5 Å². The molecule has 6 nitrogen and oxygen atoms in total. The van der Waals surface area contributed by atoms with Crippen LogP contribution >= 0.6 is 11.6 Å². The second-order valence-corrected chi connectivity index (χ2v) is 6.79. The second-order valence-electron chi connectivity index (χ2n) is 6.35. The van der Waals surface area contributed by atoms with E-state index in [-0.39, 0.29) is 6.61 Å². The first-order chi connectivity index (χ1) is 12.6. The van der Waals surface area contributed by atoms with Crippen LogP contribution in [0.25, 0.3) is 11.1 Å². The first-order valence-electron chi connectivity index (χ1n) is 8.33. The maximum atomic E-state index is 12.8. The fourth-order valence-corrected chi connectivity index (χ4v) is 3.14. The highest BCUT2D eigenvalue weighted by atomic mass is 35.5. The van der Waals surface area contributed by atoms with Crippen molar-refractivity contribution in [2.45, 2.75) is 32.3 Å². The minimum Gasteiger partial charge on any atom is -0.496 e. The Kier molecular flexibility index (Phi) is 4.28. The van der Waals surface area contributed by atoms with Gasteiger partial charge in [0.15, 0.2) is 0 Å². The molecule has 1 fully saturated rings. The lowest BCUT2D eigenvalue weighted by Crippen LogP contribution is -2.08. The van der Waals surface area contributed by atoms with Gasteiger partial charge in [-0.05, 0) is 44.0 Å². The summed E-state index contributed by atoms with van der Waals surface area (Å²) >= 11 is 6.03. The maximum absolute atomic E-state index is 12.8. The summed E-state index contributed by atoms with van der Waals surface area (Å²) < 4.78 is 16.1. The lowest BCUT2D eigenvalue weighted by Gasteiger charge is -2.11. The number of hydrogen-bond donors (Lipinski definition) is 0. The molecule has 1 saturated carbocycles. The van der Waals surface area contributed by atoms with Crippen LogP contribution in [0.5, 0.6) is 5.75 Å². The molecule has 0 unspecified atom stereocenters. The molecule has 0 amide bonds. The van der Waals surface area contributed by atoms with Gasteiger partial charge in [-0.3, -0.25) is 0 Å². The largest absolute Gasteiger partial charge is 0.496 e. The van der Waals surface area contributed by atoms with Crippen molar-refractivity contribution >= 4 is 28.7 Å². The average Bonchev–Trinajstić information content (AvgIpc) is 3.43. The van der Waals surface area contributed by atoms with Crippen LogP contribution in [0.3, 0.4) is 0 Å². The van der Waals surface area contributed by atoms with Crippen molar-refractivity contribution in [2.24, 2.45) is 0 Å². The Labute approximate surface area is 155 Å². The number of benzene rings is 1. The summed E-state index contributed by atoms with van der Waals surface area (Å²) in [6, 6.07) is 6.98. The molecule has 0 saturated heterocycles. The molecule has 0 spiro atoms. The number of halogens is 1. The van der Waals surface area contributed by atoms with Gasteiger partial charge in [-0.25, -0.2) is 9.78 Å². The van der Waals surface area contributed by atoms with Crippen molar-refractivity contribution < 1.29 is 18.8 Å². The van der Waals surface area contributed by atoms with Crippen molar-refractivity contribution in [3.63, 3.8) is 0 Å². The number of rotatable bonds is 5. The number of hydrogen-bond acceptors (Lipinski definition) is 6. The first kappa shape index (κ1) is 16.8. The highest BCUT2D eigenvalue weighted by Crippen LogP contribution is 2.40. The number of ether oxygens (including phenoxy) is 2. The van der Waals surface area contributed by atoms with Gasteiger partial charge in [-0.2, -0.15) is 0 Å². The van der Waals surface area contributed by atoms with Gasteiger partial charge in [0.25, 0.3) is 5.71 Å². The van der Waals surface area contributed by atoms with Crippen molar-refractivity contribution in [3.8, 4) is 5.75 Å². The molecule has 7 heteroatoms. The van der Waals surface area contributed by atoms with Crippen LogP contribution in [0, 0.1) is 6.92 Å². The molecule has 0 aliphatic heterocycles. The predicted octanol–water partition coefficient (Wildman–Crippen LogP) is 4.43. The van der Waals surface area contributed by atoms with Crippen LogP contribution in [-0.2, 0) is 11.3 Å². The molecule has 0 bridgehead atoms. The number of carbonyl (C=O) groups is 1. The van der Waals surface area contributed by atoms with Gasteiger partial charge in [0.1, 0.15) is 12.4 Å². The number of pyridine rings is 1. The van der Waals surface area contributed by atoms with Gasteiger partial charge in [-0.15, -0.1) is 0 Å². The van der Waals surface area contributed by atoms with Crippen LogP contribution in [0.4, 0.5) is 0 Å². The third kappa shape index (κ3) is 3.12. The Balaban J connectivity index is 1.64. The first-order valence-corrected chi connectivity index (χ1v) is 8.71. The molecule has 2 heterocycles. The number of methoxy groups -OCH3 is 1. The summed E-state index contributed by atoms with van der Waals surface area (Å²) in [5, 5.41) is 5.08. The number of esters is 1. The summed E-state index contributed by atoms with van der Waals surface area (Å²) in [5.41, 5.74) is 2.96. The van der Waals surface area contributed by atoms with E-state index >= 15 is 0 Å². The minimum atomic E-state index is -0.451. The highest BCUT2D eigenvalue weighted by molar-refractivity contribution is 6.30. The quantitative estimate of drug-likeness (QED) is 0.617. The molecule has 0 N–H and O–H groups in total.